The number of nitrogens with zero attached hydrogens (tertiary/aromatic N) is 3. The fraction of sp³-hybridized carbons (Fsp3) is 0.636. The second-order valence-electron chi connectivity index (χ2n) is 8.58. The van der Waals surface area contributed by atoms with Crippen LogP contribution in [0.2, 0.25) is 0 Å². The molecule has 4 heterocycles. The van der Waals surface area contributed by atoms with E-state index < -0.39 is 12.1 Å². The van der Waals surface area contributed by atoms with E-state index in [1.54, 1.807) is 23.3 Å². The zero-order valence-corrected chi connectivity index (χ0v) is 19.3. The second kappa shape index (κ2) is 8.70. The van der Waals surface area contributed by atoms with Crippen LogP contribution in [0.3, 0.4) is 0 Å². The fourth-order valence-corrected chi connectivity index (χ4v) is 5.56. The molecule has 0 aromatic carbocycles. The number of hydrogen-bond donors (Lipinski definition) is 0. The Bertz CT molecular complexity index is 1070. The summed E-state index contributed by atoms with van der Waals surface area (Å²) in [7, 11) is 0. The Morgan fingerprint density at radius 3 is 2.61 bits per heavy atom. The molecule has 168 valence electrons. The first-order valence-electron chi connectivity index (χ1n) is 10.9. The summed E-state index contributed by atoms with van der Waals surface area (Å²) < 4.78 is 12.9. The number of ether oxygens (including phenoxy) is 2. The summed E-state index contributed by atoms with van der Waals surface area (Å²) in [5.74, 6) is -0.0374. The first-order chi connectivity index (χ1) is 14.8. The van der Waals surface area contributed by atoms with Gasteiger partial charge in [0.05, 0.1) is 17.6 Å². The lowest BCUT2D eigenvalue weighted by molar-refractivity contribution is -0.151. The predicted molar refractivity (Wildman–Crippen MR) is 118 cm³/mol. The number of carbonyl (C=O) groups excluding carboxylic acids is 2. The van der Waals surface area contributed by atoms with Gasteiger partial charge in [-0.25, -0.2) is 9.78 Å². The van der Waals surface area contributed by atoms with E-state index in [4.69, 9.17) is 9.47 Å². The second-order valence-corrected chi connectivity index (χ2v) is 9.58. The lowest BCUT2D eigenvalue weighted by Gasteiger charge is -2.36. The molecule has 0 N–H and O–H groups in total. The van der Waals surface area contributed by atoms with E-state index in [0.717, 1.165) is 31.5 Å². The summed E-state index contributed by atoms with van der Waals surface area (Å²) in [6.07, 6.45) is 2.78. The average molecular weight is 448 g/mol. The third-order valence-electron chi connectivity index (χ3n) is 5.96. The smallest absolute Gasteiger partial charge is 0.349 e. The summed E-state index contributed by atoms with van der Waals surface area (Å²) in [6.45, 7) is 8.77. The molecular weight excluding hydrogens is 418 g/mol. The van der Waals surface area contributed by atoms with E-state index in [1.807, 2.05) is 13.8 Å². The first-order valence-corrected chi connectivity index (χ1v) is 11.8. The molecular formula is C22H29N3O5S. The number of carbonyl (C=O) groups is 2. The summed E-state index contributed by atoms with van der Waals surface area (Å²) in [5.41, 5.74) is 0.491. The largest absolute Gasteiger partial charge is 0.448 e. The Morgan fingerprint density at radius 1 is 1.19 bits per heavy atom. The molecule has 0 bridgehead atoms. The average Bonchev–Trinajstić information content (AvgIpc) is 2.88. The quantitative estimate of drug-likeness (QED) is 0.672. The highest BCUT2D eigenvalue weighted by Gasteiger charge is 2.31. The van der Waals surface area contributed by atoms with Gasteiger partial charge >= 0.3 is 5.97 Å². The first kappa shape index (κ1) is 22.0. The maximum atomic E-state index is 13.1. The zero-order valence-electron chi connectivity index (χ0n) is 18.5. The topological polar surface area (TPSA) is 90.7 Å². The number of morpholine rings is 1. The maximum absolute atomic E-state index is 13.1. The highest BCUT2D eigenvalue weighted by atomic mass is 32.1. The van der Waals surface area contributed by atoms with E-state index in [1.165, 1.54) is 11.3 Å². The minimum Gasteiger partial charge on any atom is -0.448 e. The van der Waals surface area contributed by atoms with E-state index in [2.05, 4.69) is 4.98 Å². The molecule has 9 heteroatoms. The maximum Gasteiger partial charge on any atom is 0.349 e. The Labute approximate surface area is 185 Å². The number of rotatable bonds is 3. The number of esters is 1. The SMILES string of the molecule is Cc1c(C(=O)OC(C)C(=O)N2CC(C)OC(C)C2)sc2nc3n(c(=O)c12)CCCCC3. The van der Waals surface area contributed by atoms with Crippen LogP contribution >= 0.6 is 11.3 Å². The molecule has 2 aliphatic heterocycles. The predicted octanol–water partition coefficient (Wildman–Crippen LogP) is 2.67. The van der Waals surface area contributed by atoms with Crippen molar-refractivity contribution in [2.24, 2.45) is 0 Å². The molecule has 2 aliphatic rings. The summed E-state index contributed by atoms with van der Waals surface area (Å²) in [6, 6.07) is 0. The van der Waals surface area contributed by atoms with Gasteiger partial charge < -0.3 is 14.4 Å². The normalized spacial score (nSPS) is 22.6. The van der Waals surface area contributed by atoms with Crippen molar-refractivity contribution >= 4 is 33.4 Å². The molecule has 1 fully saturated rings. The van der Waals surface area contributed by atoms with Gasteiger partial charge in [-0.3, -0.25) is 14.2 Å². The number of hydrogen-bond acceptors (Lipinski definition) is 7. The molecule has 0 aliphatic carbocycles. The van der Waals surface area contributed by atoms with Crippen LogP contribution in [0.5, 0.6) is 0 Å². The number of aryl methyl sites for hydroxylation is 2. The van der Waals surface area contributed by atoms with Crippen molar-refractivity contribution in [1.29, 1.82) is 0 Å². The van der Waals surface area contributed by atoms with Crippen LogP contribution in [0.1, 0.15) is 61.1 Å². The molecule has 0 saturated carbocycles. The van der Waals surface area contributed by atoms with Crippen molar-refractivity contribution in [3.05, 3.63) is 26.6 Å². The lowest BCUT2D eigenvalue weighted by Crippen LogP contribution is -2.51. The van der Waals surface area contributed by atoms with Crippen molar-refractivity contribution < 1.29 is 19.1 Å². The molecule has 31 heavy (non-hydrogen) atoms. The standard InChI is InChI=1S/C22H29N3O5S/c1-12-10-24(11-13(2)29-12)20(26)15(4)30-22(28)18-14(3)17-19(31-18)23-16-8-6-5-7-9-25(16)21(17)27/h12-13,15H,5-11H2,1-4H3. The van der Waals surface area contributed by atoms with Crippen molar-refractivity contribution in [3.63, 3.8) is 0 Å². The molecule has 0 spiro atoms. The number of fused-ring (bicyclic) bond motifs is 2. The molecule has 3 atom stereocenters. The number of aromatic nitrogens is 2. The van der Waals surface area contributed by atoms with Crippen LogP contribution in [0, 0.1) is 6.92 Å². The Morgan fingerprint density at radius 2 is 1.90 bits per heavy atom. The Balaban J connectivity index is 1.56. The minimum atomic E-state index is -0.916. The van der Waals surface area contributed by atoms with Gasteiger partial charge in [-0.15, -0.1) is 11.3 Å². The molecule has 4 rings (SSSR count). The summed E-state index contributed by atoms with van der Waals surface area (Å²) >= 11 is 1.17. The van der Waals surface area contributed by atoms with Gasteiger partial charge in [-0.1, -0.05) is 6.42 Å². The molecule has 1 amide bonds. The Hall–Kier alpha value is -2.26. The van der Waals surface area contributed by atoms with Crippen LogP contribution in [0.4, 0.5) is 0 Å². The van der Waals surface area contributed by atoms with Crippen LogP contribution < -0.4 is 5.56 Å². The summed E-state index contributed by atoms with van der Waals surface area (Å²) in [4.78, 5) is 46.1. The third kappa shape index (κ3) is 4.25. The third-order valence-corrected chi connectivity index (χ3v) is 7.13. The number of thiophene rings is 1. The van der Waals surface area contributed by atoms with Gasteiger partial charge in [0.1, 0.15) is 15.5 Å². The summed E-state index contributed by atoms with van der Waals surface area (Å²) in [5, 5.41) is 0.484. The zero-order chi connectivity index (χ0) is 22.3. The molecule has 0 radical (unpaired) electrons. The van der Waals surface area contributed by atoms with E-state index in [0.29, 0.717) is 40.3 Å². The van der Waals surface area contributed by atoms with Crippen molar-refractivity contribution in [3.8, 4) is 0 Å². The van der Waals surface area contributed by atoms with Crippen molar-refractivity contribution in [1.82, 2.24) is 14.5 Å². The molecule has 8 nitrogen and oxygen atoms in total. The van der Waals surface area contributed by atoms with Gasteiger partial charge in [0.25, 0.3) is 11.5 Å². The molecule has 2 aromatic heterocycles. The minimum absolute atomic E-state index is 0.0604. The molecule has 1 saturated heterocycles. The molecule has 3 unspecified atom stereocenters. The van der Waals surface area contributed by atoms with Crippen molar-refractivity contribution in [2.45, 2.75) is 78.2 Å². The van der Waals surface area contributed by atoms with E-state index in [-0.39, 0.29) is 23.7 Å². The highest BCUT2D eigenvalue weighted by molar-refractivity contribution is 7.20. The lowest BCUT2D eigenvalue weighted by atomic mass is 10.2. The van der Waals surface area contributed by atoms with Crippen LogP contribution in [0.25, 0.3) is 10.2 Å². The molecule has 2 aromatic rings. The van der Waals surface area contributed by atoms with Crippen LogP contribution in [-0.2, 0) is 27.2 Å². The van der Waals surface area contributed by atoms with E-state index >= 15 is 0 Å². The van der Waals surface area contributed by atoms with Crippen molar-refractivity contribution in [2.75, 3.05) is 13.1 Å². The highest BCUT2D eigenvalue weighted by Crippen LogP contribution is 2.29. The van der Waals surface area contributed by atoms with E-state index in [9.17, 15) is 14.4 Å². The van der Waals surface area contributed by atoms with Crippen LogP contribution in [0.15, 0.2) is 4.79 Å². The monoisotopic (exact) mass is 447 g/mol. The van der Waals surface area contributed by atoms with Gasteiger partial charge in [0.2, 0.25) is 0 Å². The van der Waals surface area contributed by atoms with Gasteiger partial charge in [0.15, 0.2) is 6.10 Å². The van der Waals surface area contributed by atoms with Gasteiger partial charge in [0, 0.05) is 26.1 Å². The Kier molecular flexibility index (Phi) is 6.16. The number of amides is 1. The van der Waals surface area contributed by atoms with Gasteiger partial charge in [-0.2, -0.15) is 0 Å². The fourth-order valence-electron chi connectivity index (χ4n) is 4.48. The van der Waals surface area contributed by atoms with Crippen LogP contribution in [-0.4, -0.2) is 57.7 Å². The van der Waals surface area contributed by atoms with Gasteiger partial charge in [-0.05, 0) is 46.1 Å².